The van der Waals surface area contributed by atoms with E-state index in [1.807, 2.05) is 0 Å². The van der Waals surface area contributed by atoms with Crippen LogP contribution >= 0.6 is 0 Å². The van der Waals surface area contributed by atoms with Gasteiger partial charge in [0.1, 0.15) is 0 Å². The maximum atomic E-state index is 10.9. The SMILES string of the molecule is CCOC(=O)/C(=C\[N+](=O)[O-])C(C)=O. The van der Waals surface area contributed by atoms with Crippen LogP contribution in [0.25, 0.3) is 0 Å². The van der Waals surface area contributed by atoms with Crippen LogP contribution < -0.4 is 0 Å². The van der Waals surface area contributed by atoms with E-state index >= 15 is 0 Å². The Balaban J connectivity index is 4.71. The lowest BCUT2D eigenvalue weighted by Crippen LogP contribution is -2.15. The van der Waals surface area contributed by atoms with Crippen molar-refractivity contribution >= 4 is 11.8 Å². The maximum Gasteiger partial charge on any atom is 0.348 e. The van der Waals surface area contributed by atoms with Crippen LogP contribution in [0.2, 0.25) is 0 Å². The molecule has 6 heteroatoms. The van der Waals surface area contributed by atoms with Crippen LogP contribution in [-0.4, -0.2) is 23.3 Å². The van der Waals surface area contributed by atoms with Crippen LogP contribution in [0, 0.1) is 10.1 Å². The molecule has 0 aromatic rings. The Morgan fingerprint density at radius 2 is 2.08 bits per heavy atom. The van der Waals surface area contributed by atoms with Gasteiger partial charge in [0.25, 0.3) is 6.20 Å². The van der Waals surface area contributed by atoms with Gasteiger partial charge in [-0.1, -0.05) is 0 Å². The molecule has 0 saturated heterocycles. The van der Waals surface area contributed by atoms with Crippen LogP contribution in [0.4, 0.5) is 0 Å². The van der Waals surface area contributed by atoms with Gasteiger partial charge in [0.15, 0.2) is 11.4 Å². The molecule has 0 spiro atoms. The third kappa shape index (κ3) is 4.00. The number of hydrogen-bond donors (Lipinski definition) is 0. The zero-order chi connectivity index (χ0) is 10.4. The predicted octanol–water partition coefficient (Wildman–Crippen LogP) is 0.299. The number of carbonyl (C=O) groups is 2. The fourth-order valence-electron chi connectivity index (χ4n) is 0.602. The van der Waals surface area contributed by atoms with Gasteiger partial charge in [-0.05, 0) is 13.8 Å². The Morgan fingerprint density at radius 3 is 2.38 bits per heavy atom. The van der Waals surface area contributed by atoms with E-state index in [4.69, 9.17) is 0 Å². The first-order valence-electron chi connectivity index (χ1n) is 3.52. The zero-order valence-electron chi connectivity index (χ0n) is 7.27. The van der Waals surface area contributed by atoms with Crippen LogP contribution in [0.15, 0.2) is 11.8 Å². The maximum absolute atomic E-state index is 10.9. The first-order chi connectivity index (χ1) is 5.99. The summed E-state index contributed by atoms with van der Waals surface area (Å²) in [6.07, 6.45) is 0.348. The summed E-state index contributed by atoms with van der Waals surface area (Å²) in [6.45, 7) is 2.68. The molecule has 0 aliphatic heterocycles. The van der Waals surface area contributed by atoms with Gasteiger partial charge in [-0.2, -0.15) is 0 Å². The molecule has 0 N–H and O–H groups in total. The molecular formula is C7H9NO5. The molecule has 0 aliphatic carbocycles. The van der Waals surface area contributed by atoms with Gasteiger partial charge in [-0.15, -0.1) is 0 Å². The van der Waals surface area contributed by atoms with E-state index < -0.39 is 22.2 Å². The van der Waals surface area contributed by atoms with Gasteiger partial charge in [0.05, 0.1) is 11.5 Å². The molecule has 13 heavy (non-hydrogen) atoms. The zero-order valence-corrected chi connectivity index (χ0v) is 7.27. The summed E-state index contributed by atoms with van der Waals surface area (Å²) in [6, 6.07) is 0. The Labute approximate surface area is 74.3 Å². The third-order valence-electron chi connectivity index (χ3n) is 1.11. The van der Waals surface area contributed by atoms with Gasteiger partial charge in [-0.25, -0.2) is 4.79 Å². The van der Waals surface area contributed by atoms with E-state index in [0.717, 1.165) is 6.92 Å². The fourth-order valence-corrected chi connectivity index (χ4v) is 0.602. The van der Waals surface area contributed by atoms with Gasteiger partial charge < -0.3 is 4.74 Å². The summed E-state index contributed by atoms with van der Waals surface area (Å²) in [4.78, 5) is 30.8. The Morgan fingerprint density at radius 1 is 1.54 bits per heavy atom. The standard InChI is InChI=1S/C7H9NO5/c1-3-13-7(10)6(5(2)9)4-8(11)12/h4H,3H2,1-2H3/b6-4-. The summed E-state index contributed by atoms with van der Waals surface area (Å²) < 4.78 is 4.43. The number of ketones is 1. The molecule has 0 amide bonds. The van der Waals surface area contributed by atoms with Crippen molar-refractivity contribution in [2.45, 2.75) is 13.8 Å². The number of ether oxygens (including phenoxy) is 1. The topological polar surface area (TPSA) is 86.5 Å². The molecule has 0 rings (SSSR count). The number of carbonyl (C=O) groups excluding carboxylic acids is 2. The molecule has 6 nitrogen and oxygen atoms in total. The molecule has 0 atom stereocenters. The first-order valence-corrected chi connectivity index (χ1v) is 3.52. The number of hydrogen-bond acceptors (Lipinski definition) is 5. The average molecular weight is 187 g/mol. The second-order valence-electron chi connectivity index (χ2n) is 2.10. The summed E-state index contributed by atoms with van der Waals surface area (Å²) >= 11 is 0. The highest BCUT2D eigenvalue weighted by Gasteiger charge is 2.19. The summed E-state index contributed by atoms with van der Waals surface area (Å²) in [5.41, 5.74) is -0.549. The smallest absolute Gasteiger partial charge is 0.348 e. The van der Waals surface area contributed by atoms with E-state index in [9.17, 15) is 19.7 Å². The van der Waals surface area contributed by atoms with E-state index in [2.05, 4.69) is 4.74 Å². The summed E-state index contributed by atoms with van der Waals surface area (Å²) in [5.74, 6) is -1.65. The van der Waals surface area contributed by atoms with E-state index in [1.165, 1.54) is 0 Å². The molecule has 0 aliphatic rings. The molecule has 0 aromatic heterocycles. The van der Waals surface area contributed by atoms with Gasteiger partial charge >= 0.3 is 5.97 Å². The average Bonchev–Trinajstić information content (AvgIpc) is 1.99. The molecule has 0 saturated carbocycles. The van der Waals surface area contributed by atoms with Crippen LogP contribution in [0.3, 0.4) is 0 Å². The van der Waals surface area contributed by atoms with E-state index in [-0.39, 0.29) is 6.61 Å². The van der Waals surface area contributed by atoms with Crippen LogP contribution in [0.1, 0.15) is 13.8 Å². The molecule has 0 unspecified atom stereocenters. The van der Waals surface area contributed by atoms with Crippen molar-refractivity contribution in [3.8, 4) is 0 Å². The Bertz CT molecular complexity index is 268. The lowest BCUT2D eigenvalue weighted by molar-refractivity contribution is -0.403. The number of nitrogens with zero attached hydrogens (tertiary/aromatic N) is 1. The van der Waals surface area contributed by atoms with Crippen molar-refractivity contribution in [1.82, 2.24) is 0 Å². The monoisotopic (exact) mass is 187 g/mol. The summed E-state index contributed by atoms with van der Waals surface area (Å²) in [7, 11) is 0. The predicted molar refractivity (Wildman–Crippen MR) is 42.4 cm³/mol. The van der Waals surface area contributed by atoms with E-state index in [1.54, 1.807) is 6.92 Å². The summed E-state index contributed by atoms with van der Waals surface area (Å²) in [5, 5.41) is 9.99. The van der Waals surface area contributed by atoms with Gasteiger partial charge in [-0.3, -0.25) is 14.9 Å². The molecule has 0 radical (unpaired) electrons. The van der Waals surface area contributed by atoms with Crippen molar-refractivity contribution in [3.63, 3.8) is 0 Å². The highest BCUT2D eigenvalue weighted by molar-refractivity contribution is 6.16. The van der Waals surface area contributed by atoms with Crippen molar-refractivity contribution in [1.29, 1.82) is 0 Å². The molecule has 0 bridgehead atoms. The number of Topliss-reactive ketones (excluding diaryl/α,β-unsaturated/α-hetero) is 1. The van der Waals surface area contributed by atoms with Crippen molar-refractivity contribution in [3.05, 3.63) is 21.9 Å². The molecule has 0 aromatic carbocycles. The highest BCUT2D eigenvalue weighted by Crippen LogP contribution is 2.00. The fraction of sp³-hybridized carbons (Fsp3) is 0.429. The minimum Gasteiger partial charge on any atom is -0.462 e. The largest absolute Gasteiger partial charge is 0.462 e. The Kier molecular flexibility index (Phi) is 4.36. The van der Waals surface area contributed by atoms with Crippen molar-refractivity contribution < 1.29 is 19.2 Å². The van der Waals surface area contributed by atoms with Crippen molar-refractivity contribution in [2.75, 3.05) is 6.61 Å². The first kappa shape index (κ1) is 11.3. The second-order valence-corrected chi connectivity index (χ2v) is 2.10. The lowest BCUT2D eigenvalue weighted by Gasteiger charge is -1.99. The number of esters is 1. The normalized spacial score (nSPS) is 10.8. The molecular weight excluding hydrogens is 178 g/mol. The van der Waals surface area contributed by atoms with Gasteiger partial charge in [0, 0.05) is 0 Å². The van der Waals surface area contributed by atoms with Crippen LogP contribution in [0.5, 0.6) is 0 Å². The highest BCUT2D eigenvalue weighted by atomic mass is 16.6. The third-order valence-corrected chi connectivity index (χ3v) is 1.11. The van der Waals surface area contributed by atoms with Gasteiger partial charge in [0.2, 0.25) is 0 Å². The lowest BCUT2D eigenvalue weighted by atomic mass is 10.2. The Hall–Kier alpha value is -1.72. The minimum absolute atomic E-state index is 0.0706. The second kappa shape index (κ2) is 5.02. The quantitative estimate of drug-likeness (QED) is 0.158. The minimum atomic E-state index is -0.966. The number of nitro groups is 1. The molecule has 72 valence electrons. The molecule has 0 fully saturated rings. The van der Waals surface area contributed by atoms with E-state index in [0.29, 0.717) is 6.20 Å². The molecule has 0 heterocycles. The van der Waals surface area contributed by atoms with Crippen molar-refractivity contribution in [2.24, 2.45) is 0 Å². The van der Waals surface area contributed by atoms with Crippen LogP contribution in [-0.2, 0) is 14.3 Å². The number of rotatable bonds is 4.